The summed E-state index contributed by atoms with van der Waals surface area (Å²) in [6, 6.07) is 5.27. The van der Waals surface area contributed by atoms with Crippen LogP contribution in [-0.4, -0.2) is 80.4 Å². The molecule has 0 N–H and O–H groups in total. The van der Waals surface area contributed by atoms with Crippen molar-refractivity contribution in [3.63, 3.8) is 0 Å². The fourth-order valence-corrected chi connectivity index (χ4v) is 3.00. The Morgan fingerprint density at radius 3 is 2.36 bits per heavy atom. The number of benzene rings is 1. The molecule has 1 fully saturated rings. The lowest BCUT2D eigenvalue weighted by Crippen LogP contribution is -2.51. The number of fused-ring (bicyclic) bond motifs is 1. The topological polar surface area (TPSA) is 94.6 Å². The quantitative estimate of drug-likeness (QED) is 0.686. The minimum Gasteiger partial charge on any atom is -0.486 e. The van der Waals surface area contributed by atoms with E-state index < -0.39 is 5.97 Å². The Hall–Kier alpha value is -2.97. The van der Waals surface area contributed by atoms with Gasteiger partial charge >= 0.3 is 12.1 Å². The number of amides is 2. The van der Waals surface area contributed by atoms with E-state index in [-0.39, 0.29) is 25.0 Å². The number of esters is 1. The number of carbonyl (C=O) groups is 3. The SMILES string of the molecule is CCOC(=O)N1CCN(C(=O)COC(=O)Cc2ccc3c(c2)OCCO3)CC1. The lowest BCUT2D eigenvalue weighted by atomic mass is 10.1. The summed E-state index contributed by atoms with van der Waals surface area (Å²) in [7, 11) is 0. The zero-order chi connectivity index (χ0) is 19.9. The first-order chi connectivity index (χ1) is 13.6. The van der Waals surface area contributed by atoms with Crippen LogP contribution in [0.2, 0.25) is 0 Å². The Balaban J connectivity index is 1.41. The lowest BCUT2D eigenvalue weighted by molar-refractivity contribution is -0.152. The summed E-state index contributed by atoms with van der Waals surface area (Å²) in [4.78, 5) is 39.1. The Morgan fingerprint density at radius 1 is 0.964 bits per heavy atom. The van der Waals surface area contributed by atoms with Gasteiger partial charge in [-0.25, -0.2) is 4.79 Å². The number of ether oxygens (including phenoxy) is 4. The molecule has 0 radical (unpaired) electrons. The molecule has 3 rings (SSSR count). The van der Waals surface area contributed by atoms with Crippen LogP contribution >= 0.6 is 0 Å². The Labute approximate surface area is 163 Å². The van der Waals surface area contributed by atoms with E-state index in [1.807, 2.05) is 0 Å². The van der Waals surface area contributed by atoms with Gasteiger partial charge in [0.05, 0.1) is 13.0 Å². The second-order valence-corrected chi connectivity index (χ2v) is 6.38. The molecule has 1 saturated heterocycles. The van der Waals surface area contributed by atoms with E-state index in [0.717, 1.165) is 5.56 Å². The first-order valence-corrected chi connectivity index (χ1v) is 9.30. The van der Waals surface area contributed by atoms with E-state index in [0.29, 0.717) is 57.5 Å². The highest BCUT2D eigenvalue weighted by Gasteiger charge is 2.25. The molecule has 0 atom stereocenters. The summed E-state index contributed by atoms with van der Waals surface area (Å²) in [6.45, 7) is 4.29. The summed E-state index contributed by atoms with van der Waals surface area (Å²) in [5.41, 5.74) is 0.727. The van der Waals surface area contributed by atoms with Crippen LogP contribution in [0.5, 0.6) is 11.5 Å². The molecular formula is C19H24N2O7. The van der Waals surface area contributed by atoms with Crippen molar-refractivity contribution in [2.24, 2.45) is 0 Å². The fraction of sp³-hybridized carbons (Fsp3) is 0.526. The normalized spacial score (nSPS) is 15.8. The summed E-state index contributed by atoms with van der Waals surface area (Å²) in [5.74, 6) is 0.488. The Kier molecular flexibility index (Phi) is 6.57. The lowest BCUT2D eigenvalue weighted by Gasteiger charge is -2.33. The van der Waals surface area contributed by atoms with E-state index in [1.54, 1.807) is 34.9 Å². The van der Waals surface area contributed by atoms with Crippen molar-refractivity contribution < 1.29 is 33.3 Å². The summed E-state index contributed by atoms with van der Waals surface area (Å²) in [5, 5.41) is 0. The maximum Gasteiger partial charge on any atom is 0.409 e. The smallest absolute Gasteiger partial charge is 0.409 e. The van der Waals surface area contributed by atoms with Gasteiger partial charge in [0.15, 0.2) is 18.1 Å². The minimum absolute atomic E-state index is 0.0422. The molecule has 0 bridgehead atoms. The van der Waals surface area contributed by atoms with Crippen LogP contribution < -0.4 is 9.47 Å². The highest BCUT2D eigenvalue weighted by atomic mass is 16.6. The van der Waals surface area contributed by atoms with Gasteiger partial charge in [-0.2, -0.15) is 0 Å². The van der Waals surface area contributed by atoms with Crippen LogP contribution in [0.4, 0.5) is 4.79 Å². The van der Waals surface area contributed by atoms with Crippen molar-refractivity contribution in [2.45, 2.75) is 13.3 Å². The molecule has 152 valence electrons. The van der Waals surface area contributed by atoms with Gasteiger partial charge in [0.25, 0.3) is 5.91 Å². The van der Waals surface area contributed by atoms with Crippen LogP contribution in [0.15, 0.2) is 18.2 Å². The van der Waals surface area contributed by atoms with Gasteiger partial charge in [0, 0.05) is 26.2 Å². The molecule has 0 spiro atoms. The molecule has 1 aromatic carbocycles. The van der Waals surface area contributed by atoms with Gasteiger partial charge in [-0.05, 0) is 24.6 Å². The maximum atomic E-state index is 12.2. The van der Waals surface area contributed by atoms with Crippen LogP contribution in [0.3, 0.4) is 0 Å². The molecule has 28 heavy (non-hydrogen) atoms. The zero-order valence-electron chi connectivity index (χ0n) is 15.8. The second kappa shape index (κ2) is 9.29. The molecule has 2 heterocycles. The molecular weight excluding hydrogens is 368 g/mol. The van der Waals surface area contributed by atoms with Crippen LogP contribution in [0, 0.1) is 0 Å². The van der Waals surface area contributed by atoms with E-state index in [9.17, 15) is 14.4 Å². The molecule has 2 amide bonds. The molecule has 0 aromatic heterocycles. The summed E-state index contributed by atoms with van der Waals surface area (Å²) >= 11 is 0. The average Bonchev–Trinajstić information content (AvgIpc) is 2.72. The number of hydrogen-bond donors (Lipinski definition) is 0. The van der Waals surface area contributed by atoms with Gasteiger partial charge in [0.1, 0.15) is 13.2 Å². The van der Waals surface area contributed by atoms with Crippen molar-refractivity contribution in [3.8, 4) is 11.5 Å². The Morgan fingerprint density at radius 2 is 1.64 bits per heavy atom. The predicted molar refractivity (Wildman–Crippen MR) is 97.3 cm³/mol. The summed E-state index contributed by atoms with van der Waals surface area (Å²) < 4.78 is 21.0. The van der Waals surface area contributed by atoms with Crippen LogP contribution in [0.25, 0.3) is 0 Å². The first-order valence-electron chi connectivity index (χ1n) is 9.30. The second-order valence-electron chi connectivity index (χ2n) is 6.38. The molecule has 0 unspecified atom stereocenters. The number of piperazine rings is 1. The molecule has 0 aliphatic carbocycles. The van der Waals surface area contributed by atoms with Gasteiger partial charge in [-0.3, -0.25) is 9.59 Å². The van der Waals surface area contributed by atoms with Crippen molar-refractivity contribution >= 4 is 18.0 Å². The number of nitrogens with zero attached hydrogens (tertiary/aromatic N) is 2. The van der Waals surface area contributed by atoms with Gasteiger partial charge < -0.3 is 28.7 Å². The average molecular weight is 392 g/mol. The molecule has 0 saturated carbocycles. The van der Waals surface area contributed by atoms with Gasteiger partial charge in [-0.1, -0.05) is 6.07 Å². The first kappa shape index (κ1) is 19.8. The number of hydrogen-bond acceptors (Lipinski definition) is 7. The third-order valence-corrected chi connectivity index (χ3v) is 4.47. The van der Waals surface area contributed by atoms with Crippen molar-refractivity contribution in [1.82, 2.24) is 9.80 Å². The third kappa shape index (κ3) is 5.05. The highest BCUT2D eigenvalue weighted by Crippen LogP contribution is 2.30. The predicted octanol–water partition coefficient (Wildman–Crippen LogP) is 0.844. The zero-order valence-corrected chi connectivity index (χ0v) is 15.8. The van der Waals surface area contributed by atoms with E-state index in [1.165, 1.54) is 0 Å². The largest absolute Gasteiger partial charge is 0.486 e. The van der Waals surface area contributed by atoms with E-state index >= 15 is 0 Å². The van der Waals surface area contributed by atoms with E-state index in [2.05, 4.69) is 0 Å². The number of rotatable bonds is 5. The van der Waals surface area contributed by atoms with Crippen molar-refractivity contribution in [1.29, 1.82) is 0 Å². The third-order valence-electron chi connectivity index (χ3n) is 4.47. The van der Waals surface area contributed by atoms with Crippen molar-refractivity contribution in [2.75, 3.05) is 52.6 Å². The van der Waals surface area contributed by atoms with Crippen LogP contribution in [0.1, 0.15) is 12.5 Å². The Bertz CT molecular complexity index is 729. The van der Waals surface area contributed by atoms with Crippen LogP contribution in [-0.2, 0) is 25.5 Å². The minimum atomic E-state index is -0.491. The molecule has 2 aliphatic rings. The molecule has 2 aliphatic heterocycles. The van der Waals surface area contributed by atoms with Crippen molar-refractivity contribution in [3.05, 3.63) is 23.8 Å². The van der Waals surface area contributed by atoms with Gasteiger partial charge in [-0.15, -0.1) is 0 Å². The standard InChI is InChI=1S/C19H24N2O7/c1-2-25-19(24)21-7-5-20(6-8-21)17(22)13-28-18(23)12-14-3-4-15-16(11-14)27-10-9-26-15/h3-4,11H,2,5-10,12-13H2,1H3. The molecule has 9 heteroatoms. The monoisotopic (exact) mass is 392 g/mol. The maximum absolute atomic E-state index is 12.2. The van der Waals surface area contributed by atoms with Gasteiger partial charge in [0.2, 0.25) is 0 Å². The summed E-state index contributed by atoms with van der Waals surface area (Å²) in [6.07, 6.45) is -0.332. The fourth-order valence-electron chi connectivity index (χ4n) is 3.00. The van der Waals surface area contributed by atoms with E-state index in [4.69, 9.17) is 18.9 Å². The number of carbonyl (C=O) groups excluding carboxylic acids is 3. The molecule has 9 nitrogen and oxygen atoms in total. The molecule has 1 aromatic rings. The highest BCUT2D eigenvalue weighted by molar-refractivity contribution is 5.81.